The smallest absolute Gasteiger partial charge is 0.226 e. The molecule has 136 valence electrons. The summed E-state index contributed by atoms with van der Waals surface area (Å²) in [7, 11) is 0. The van der Waals surface area contributed by atoms with Crippen LogP contribution in [0, 0.1) is 0 Å². The van der Waals surface area contributed by atoms with Gasteiger partial charge in [-0.15, -0.1) is 0 Å². The van der Waals surface area contributed by atoms with Crippen molar-refractivity contribution >= 4 is 38.3 Å². The Labute approximate surface area is 164 Å². The number of hydrogen-bond acceptors (Lipinski definition) is 3. The first-order valence-corrected chi connectivity index (χ1v) is 9.43. The molecule has 0 aliphatic carbocycles. The van der Waals surface area contributed by atoms with Gasteiger partial charge in [-0.2, -0.15) is 10.2 Å². The molecule has 2 aromatic carbocycles. The molecule has 4 aromatic rings. The van der Waals surface area contributed by atoms with Crippen molar-refractivity contribution in [3.8, 4) is 0 Å². The summed E-state index contributed by atoms with van der Waals surface area (Å²) in [5.41, 5.74) is 1.89. The third-order valence-corrected chi connectivity index (χ3v) is 4.71. The van der Waals surface area contributed by atoms with Gasteiger partial charge in [0.1, 0.15) is 0 Å². The average Bonchev–Trinajstić information content (AvgIpc) is 3.29. The second-order valence-corrected chi connectivity index (χ2v) is 7.20. The number of halogens is 1. The zero-order valence-electron chi connectivity index (χ0n) is 14.5. The van der Waals surface area contributed by atoms with E-state index in [9.17, 15) is 4.79 Å². The number of amides is 1. The van der Waals surface area contributed by atoms with Gasteiger partial charge < -0.3 is 5.32 Å². The maximum Gasteiger partial charge on any atom is 0.226 e. The van der Waals surface area contributed by atoms with Gasteiger partial charge in [-0.25, -0.2) is 0 Å². The zero-order valence-corrected chi connectivity index (χ0v) is 16.1. The normalized spacial score (nSPS) is 11.0. The topological polar surface area (TPSA) is 64.7 Å². The molecule has 6 nitrogen and oxygen atoms in total. The molecular formula is C20H18BrN5O. The van der Waals surface area contributed by atoms with Gasteiger partial charge in [0.25, 0.3) is 0 Å². The van der Waals surface area contributed by atoms with Gasteiger partial charge in [-0.3, -0.25) is 14.2 Å². The SMILES string of the molecule is O=C(CCn1cc(Br)cn1)Nc1cnn(Cc2cccc3ccccc23)c1. The molecule has 2 heterocycles. The molecule has 2 aromatic heterocycles. The maximum atomic E-state index is 12.1. The van der Waals surface area contributed by atoms with E-state index in [-0.39, 0.29) is 5.91 Å². The fourth-order valence-corrected chi connectivity index (χ4v) is 3.35. The van der Waals surface area contributed by atoms with Crippen LogP contribution in [-0.4, -0.2) is 25.5 Å². The fraction of sp³-hybridized carbons (Fsp3) is 0.150. The third-order valence-electron chi connectivity index (χ3n) is 4.30. The van der Waals surface area contributed by atoms with E-state index in [1.54, 1.807) is 17.1 Å². The number of aryl methyl sites for hydroxylation is 1. The summed E-state index contributed by atoms with van der Waals surface area (Å²) in [6.45, 7) is 1.18. The van der Waals surface area contributed by atoms with Gasteiger partial charge in [0.2, 0.25) is 5.91 Å². The summed E-state index contributed by atoms with van der Waals surface area (Å²) in [6.07, 6.45) is 7.42. The highest BCUT2D eigenvalue weighted by molar-refractivity contribution is 9.10. The molecule has 1 amide bonds. The van der Waals surface area contributed by atoms with Crippen molar-refractivity contribution in [1.82, 2.24) is 19.6 Å². The van der Waals surface area contributed by atoms with Crippen LogP contribution in [0.3, 0.4) is 0 Å². The molecule has 0 aliphatic heterocycles. The minimum Gasteiger partial charge on any atom is -0.323 e. The standard InChI is InChI=1S/C20H18BrN5O/c21-17-10-22-25(13-17)9-8-20(27)24-18-11-23-26(14-18)12-16-6-3-5-15-4-1-2-7-19(15)16/h1-7,10-11,13-14H,8-9,12H2,(H,24,27). The molecule has 0 aliphatic rings. The number of fused-ring (bicyclic) bond motifs is 1. The first-order chi connectivity index (χ1) is 13.2. The van der Waals surface area contributed by atoms with Crippen molar-refractivity contribution in [1.29, 1.82) is 0 Å². The lowest BCUT2D eigenvalue weighted by Crippen LogP contribution is -2.14. The largest absolute Gasteiger partial charge is 0.323 e. The third kappa shape index (κ3) is 4.25. The van der Waals surface area contributed by atoms with Gasteiger partial charge in [-0.1, -0.05) is 42.5 Å². The Kier molecular flexibility index (Phi) is 5.02. The van der Waals surface area contributed by atoms with E-state index in [0.29, 0.717) is 25.2 Å². The number of carbonyl (C=O) groups excluding carboxylic acids is 1. The lowest BCUT2D eigenvalue weighted by atomic mass is 10.0. The quantitative estimate of drug-likeness (QED) is 0.508. The molecule has 4 rings (SSSR count). The highest BCUT2D eigenvalue weighted by Crippen LogP contribution is 2.19. The molecular weight excluding hydrogens is 406 g/mol. The van der Waals surface area contributed by atoms with Crippen LogP contribution in [-0.2, 0) is 17.9 Å². The molecule has 1 N–H and O–H groups in total. The number of nitrogens with zero attached hydrogens (tertiary/aromatic N) is 4. The highest BCUT2D eigenvalue weighted by atomic mass is 79.9. The molecule has 0 spiro atoms. The first kappa shape index (κ1) is 17.5. The molecule has 0 radical (unpaired) electrons. The van der Waals surface area contributed by atoms with Crippen molar-refractivity contribution < 1.29 is 4.79 Å². The summed E-state index contributed by atoms with van der Waals surface area (Å²) >= 11 is 3.34. The predicted molar refractivity (Wildman–Crippen MR) is 108 cm³/mol. The van der Waals surface area contributed by atoms with Crippen LogP contribution in [0.5, 0.6) is 0 Å². The summed E-state index contributed by atoms with van der Waals surface area (Å²) in [5, 5.41) is 13.8. The summed E-state index contributed by atoms with van der Waals surface area (Å²) in [5.74, 6) is -0.0636. The van der Waals surface area contributed by atoms with Crippen LogP contribution < -0.4 is 5.32 Å². The average molecular weight is 424 g/mol. The van der Waals surface area contributed by atoms with Crippen LogP contribution in [0.2, 0.25) is 0 Å². The summed E-state index contributed by atoms with van der Waals surface area (Å²) in [6, 6.07) is 14.6. The van der Waals surface area contributed by atoms with Crippen LogP contribution in [0.4, 0.5) is 5.69 Å². The molecule has 0 unspecified atom stereocenters. The molecule has 0 bridgehead atoms. The van der Waals surface area contributed by atoms with Crippen LogP contribution in [0.1, 0.15) is 12.0 Å². The number of carbonyl (C=O) groups is 1. The molecule has 0 atom stereocenters. The monoisotopic (exact) mass is 423 g/mol. The minimum absolute atomic E-state index is 0.0636. The van der Waals surface area contributed by atoms with Crippen molar-refractivity contribution in [2.45, 2.75) is 19.5 Å². The molecule has 0 saturated carbocycles. The van der Waals surface area contributed by atoms with Crippen LogP contribution in [0.15, 0.2) is 71.7 Å². The summed E-state index contributed by atoms with van der Waals surface area (Å²) in [4.78, 5) is 12.1. The number of aromatic nitrogens is 4. The van der Waals surface area contributed by atoms with E-state index in [2.05, 4.69) is 61.8 Å². The Morgan fingerprint density at radius 3 is 2.67 bits per heavy atom. The van der Waals surface area contributed by atoms with Gasteiger partial charge in [-0.05, 0) is 32.3 Å². The molecule has 0 saturated heterocycles. The van der Waals surface area contributed by atoms with Gasteiger partial charge >= 0.3 is 0 Å². The van der Waals surface area contributed by atoms with Crippen molar-refractivity contribution in [2.75, 3.05) is 5.32 Å². The molecule has 27 heavy (non-hydrogen) atoms. The molecule has 7 heteroatoms. The van der Waals surface area contributed by atoms with Gasteiger partial charge in [0.05, 0.1) is 29.1 Å². The number of nitrogens with one attached hydrogen (secondary N) is 1. The zero-order chi connectivity index (χ0) is 18.6. The number of anilines is 1. The number of rotatable bonds is 6. The van der Waals surface area contributed by atoms with Crippen LogP contribution in [0.25, 0.3) is 10.8 Å². The van der Waals surface area contributed by atoms with E-state index in [0.717, 1.165) is 4.47 Å². The second-order valence-electron chi connectivity index (χ2n) is 6.28. The van der Waals surface area contributed by atoms with E-state index in [4.69, 9.17) is 0 Å². The van der Waals surface area contributed by atoms with Crippen molar-refractivity contribution in [3.05, 3.63) is 77.3 Å². The minimum atomic E-state index is -0.0636. The maximum absolute atomic E-state index is 12.1. The van der Waals surface area contributed by atoms with E-state index in [1.165, 1.54) is 16.3 Å². The number of benzene rings is 2. The Morgan fingerprint density at radius 2 is 1.81 bits per heavy atom. The van der Waals surface area contributed by atoms with Gasteiger partial charge in [0.15, 0.2) is 0 Å². The highest BCUT2D eigenvalue weighted by Gasteiger charge is 2.07. The summed E-state index contributed by atoms with van der Waals surface area (Å²) < 4.78 is 4.47. The lowest BCUT2D eigenvalue weighted by Gasteiger charge is -2.06. The van der Waals surface area contributed by atoms with E-state index in [1.807, 2.05) is 29.2 Å². The van der Waals surface area contributed by atoms with E-state index >= 15 is 0 Å². The Morgan fingerprint density at radius 1 is 1.00 bits per heavy atom. The molecule has 0 fully saturated rings. The predicted octanol–water partition coefficient (Wildman–Crippen LogP) is 4.07. The van der Waals surface area contributed by atoms with E-state index < -0.39 is 0 Å². The van der Waals surface area contributed by atoms with Crippen LogP contribution >= 0.6 is 15.9 Å². The van der Waals surface area contributed by atoms with Crippen molar-refractivity contribution in [2.24, 2.45) is 0 Å². The lowest BCUT2D eigenvalue weighted by molar-refractivity contribution is -0.116. The second kappa shape index (κ2) is 7.75. The Balaban J connectivity index is 1.38. The Bertz CT molecular complexity index is 1080. The van der Waals surface area contributed by atoms with Gasteiger partial charge in [0, 0.05) is 25.4 Å². The first-order valence-electron chi connectivity index (χ1n) is 8.64. The number of hydrogen-bond donors (Lipinski definition) is 1. The Hall–Kier alpha value is -2.93. The fourth-order valence-electron chi connectivity index (χ4n) is 3.02. The van der Waals surface area contributed by atoms with Crippen molar-refractivity contribution in [3.63, 3.8) is 0 Å².